The summed E-state index contributed by atoms with van der Waals surface area (Å²) in [5.74, 6) is -3.35. The summed E-state index contributed by atoms with van der Waals surface area (Å²) in [6.07, 6.45) is 19.8. The SMILES string of the molecule is CCCCC/C=C/CCCCCCCCCC[N+](C(CC)C(=O)O)(C(CC)C(=O)O)C(CC)C(=O)O. The summed E-state index contributed by atoms with van der Waals surface area (Å²) in [6.45, 7) is 7.59. The Morgan fingerprint density at radius 2 is 0.889 bits per heavy atom. The molecular weight excluding hydrogens is 458 g/mol. The van der Waals surface area contributed by atoms with Crippen molar-refractivity contribution in [3.05, 3.63) is 12.2 Å². The van der Waals surface area contributed by atoms with Crippen LogP contribution in [-0.2, 0) is 14.4 Å². The number of carbonyl (C=O) groups is 3. The lowest BCUT2D eigenvalue weighted by Crippen LogP contribution is -2.72. The molecule has 0 heterocycles. The van der Waals surface area contributed by atoms with Crippen molar-refractivity contribution in [2.75, 3.05) is 6.54 Å². The summed E-state index contributed by atoms with van der Waals surface area (Å²) in [5, 5.41) is 29.9. The first kappa shape index (κ1) is 34.1. The zero-order chi connectivity index (χ0) is 27.4. The Hall–Kier alpha value is -1.89. The maximum atomic E-state index is 12.2. The first-order valence-electron chi connectivity index (χ1n) is 14.4. The number of quaternary nitrogens is 1. The molecule has 0 aromatic rings. The van der Waals surface area contributed by atoms with Gasteiger partial charge in [-0.1, -0.05) is 84.8 Å². The Kier molecular flexibility index (Phi) is 19.1. The quantitative estimate of drug-likeness (QED) is 0.0726. The van der Waals surface area contributed by atoms with Crippen LogP contribution >= 0.6 is 0 Å². The van der Waals surface area contributed by atoms with Crippen molar-refractivity contribution in [2.24, 2.45) is 0 Å². The van der Waals surface area contributed by atoms with E-state index in [4.69, 9.17) is 0 Å². The van der Waals surface area contributed by atoms with Crippen molar-refractivity contribution in [3.8, 4) is 0 Å². The second-order valence-corrected chi connectivity index (χ2v) is 10.1. The van der Waals surface area contributed by atoms with Crippen LogP contribution < -0.4 is 0 Å². The molecule has 210 valence electrons. The molecule has 36 heavy (non-hydrogen) atoms. The third-order valence-corrected chi connectivity index (χ3v) is 7.56. The molecule has 0 fully saturated rings. The highest BCUT2D eigenvalue weighted by molar-refractivity contribution is 5.78. The fourth-order valence-corrected chi connectivity index (χ4v) is 5.74. The standard InChI is InChI=1S/C29H53NO6/c1-5-9-10-11-12-13-14-15-16-17-18-19-20-21-22-23-30(24(6-2)27(31)32,25(7-3)28(33)34)26(8-4)29(35)36/h12-13,24-26H,5-11,14-23H2,1-4H3,(H2-,31,32,33,34,35,36)/p+1/b13-12+. The predicted molar refractivity (Wildman–Crippen MR) is 145 cm³/mol. The summed E-state index contributed by atoms with van der Waals surface area (Å²) in [4.78, 5) is 36.7. The molecule has 0 aliphatic carbocycles. The molecule has 0 radical (unpaired) electrons. The van der Waals surface area contributed by atoms with Crippen LogP contribution in [0, 0.1) is 0 Å². The van der Waals surface area contributed by atoms with Crippen LogP contribution in [0.25, 0.3) is 0 Å². The predicted octanol–water partition coefficient (Wildman–Crippen LogP) is 7.04. The molecule has 0 rings (SSSR count). The van der Waals surface area contributed by atoms with E-state index < -0.39 is 40.5 Å². The van der Waals surface area contributed by atoms with Gasteiger partial charge in [-0.15, -0.1) is 0 Å². The van der Waals surface area contributed by atoms with Gasteiger partial charge in [0.25, 0.3) is 0 Å². The third kappa shape index (κ3) is 11.4. The molecular formula is C29H54NO6+. The van der Waals surface area contributed by atoms with E-state index in [1.165, 1.54) is 44.9 Å². The molecule has 0 aromatic carbocycles. The fourth-order valence-electron chi connectivity index (χ4n) is 5.74. The lowest BCUT2D eigenvalue weighted by molar-refractivity contribution is -0.973. The van der Waals surface area contributed by atoms with Gasteiger partial charge in [0.1, 0.15) is 0 Å². The van der Waals surface area contributed by atoms with Crippen LogP contribution in [0.2, 0.25) is 0 Å². The molecule has 3 unspecified atom stereocenters. The Bertz CT molecular complexity index is 593. The molecule has 3 atom stereocenters. The number of unbranched alkanes of at least 4 members (excludes halogenated alkanes) is 11. The molecule has 0 saturated carbocycles. The van der Waals surface area contributed by atoms with Crippen molar-refractivity contribution in [2.45, 2.75) is 149 Å². The maximum Gasteiger partial charge on any atom is 0.362 e. The highest BCUT2D eigenvalue weighted by Crippen LogP contribution is 2.32. The van der Waals surface area contributed by atoms with Crippen molar-refractivity contribution in [1.82, 2.24) is 0 Å². The molecule has 0 spiro atoms. The monoisotopic (exact) mass is 512 g/mol. The minimum absolute atomic E-state index is 0.191. The van der Waals surface area contributed by atoms with E-state index in [-0.39, 0.29) is 25.8 Å². The van der Waals surface area contributed by atoms with Crippen LogP contribution in [0.5, 0.6) is 0 Å². The van der Waals surface area contributed by atoms with E-state index in [0.717, 1.165) is 32.1 Å². The lowest BCUT2D eigenvalue weighted by atomic mass is 9.93. The topological polar surface area (TPSA) is 112 Å². The van der Waals surface area contributed by atoms with Crippen molar-refractivity contribution >= 4 is 17.9 Å². The number of hydrogen-bond donors (Lipinski definition) is 3. The number of allylic oxidation sites excluding steroid dienone is 2. The Balaban J connectivity index is 4.87. The number of rotatable bonds is 24. The summed E-state index contributed by atoms with van der Waals surface area (Å²) < 4.78 is -0.407. The zero-order valence-electron chi connectivity index (χ0n) is 23.4. The van der Waals surface area contributed by atoms with Crippen LogP contribution in [0.1, 0.15) is 130 Å². The van der Waals surface area contributed by atoms with E-state index in [1.54, 1.807) is 20.8 Å². The van der Waals surface area contributed by atoms with Crippen molar-refractivity contribution in [1.29, 1.82) is 0 Å². The molecule has 7 heteroatoms. The second kappa shape index (κ2) is 20.2. The Morgan fingerprint density at radius 3 is 1.22 bits per heavy atom. The molecule has 0 amide bonds. The molecule has 7 nitrogen and oxygen atoms in total. The first-order valence-corrected chi connectivity index (χ1v) is 14.4. The average molecular weight is 513 g/mol. The summed E-state index contributed by atoms with van der Waals surface area (Å²) >= 11 is 0. The fraction of sp³-hybridized carbons (Fsp3) is 0.828. The number of carboxylic acid groups (broad SMARTS) is 3. The minimum Gasteiger partial charge on any atom is -0.477 e. The zero-order valence-corrected chi connectivity index (χ0v) is 23.4. The van der Waals surface area contributed by atoms with Gasteiger partial charge in [0.05, 0.1) is 6.54 Å². The molecule has 0 aromatic heterocycles. The van der Waals surface area contributed by atoms with Gasteiger partial charge in [0.15, 0.2) is 18.1 Å². The van der Waals surface area contributed by atoms with Crippen LogP contribution in [0.3, 0.4) is 0 Å². The van der Waals surface area contributed by atoms with Gasteiger partial charge in [-0.2, -0.15) is 0 Å². The lowest BCUT2D eigenvalue weighted by Gasteiger charge is -2.49. The second-order valence-electron chi connectivity index (χ2n) is 10.1. The van der Waals surface area contributed by atoms with Crippen LogP contribution in [0.4, 0.5) is 0 Å². The maximum absolute atomic E-state index is 12.2. The molecule has 0 aliphatic heterocycles. The first-order chi connectivity index (χ1) is 17.2. The van der Waals surface area contributed by atoms with Crippen molar-refractivity contribution in [3.63, 3.8) is 0 Å². The highest BCUT2D eigenvalue weighted by Gasteiger charge is 2.55. The van der Waals surface area contributed by atoms with Gasteiger partial charge in [-0.25, -0.2) is 14.4 Å². The van der Waals surface area contributed by atoms with Gasteiger partial charge >= 0.3 is 17.9 Å². The van der Waals surface area contributed by atoms with E-state index in [2.05, 4.69) is 19.1 Å². The molecule has 0 bridgehead atoms. The van der Waals surface area contributed by atoms with Gasteiger partial charge < -0.3 is 15.3 Å². The normalized spacial score (nSPS) is 15.9. The highest BCUT2D eigenvalue weighted by atomic mass is 16.4. The summed E-state index contributed by atoms with van der Waals surface area (Å²) in [5.41, 5.74) is 0. The number of aliphatic carboxylic acids is 3. The van der Waals surface area contributed by atoms with E-state index in [1.807, 2.05) is 0 Å². The third-order valence-electron chi connectivity index (χ3n) is 7.56. The molecule has 0 aliphatic rings. The van der Waals surface area contributed by atoms with Gasteiger partial charge in [-0.05, 0) is 38.5 Å². The van der Waals surface area contributed by atoms with Crippen LogP contribution in [0.15, 0.2) is 12.2 Å². The molecule has 0 saturated heterocycles. The van der Waals surface area contributed by atoms with E-state index in [0.29, 0.717) is 6.42 Å². The number of carboxylic acids is 3. The smallest absolute Gasteiger partial charge is 0.362 e. The van der Waals surface area contributed by atoms with Crippen molar-refractivity contribution < 1.29 is 34.2 Å². The average Bonchev–Trinajstić information content (AvgIpc) is 2.82. The molecule has 3 N–H and O–H groups in total. The number of hydrogen-bond acceptors (Lipinski definition) is 3. The Labute approximate surface area is 219 Å². The largest absolute Gasteiger partial charge is 0.477 e. The van der Waals surface area contributed by atoms with Crippen LogP contribution in [-0.4, -0.2) is 62.4 Å². The minimum atomic E-state index is -1.12. The number of nitrogens with zero attached hydrogens (tertiary/aromatic N) is 1. The van der Waals surface area contributed by atoms with Gasteiger partial charge in [0, 0.05) is 19.3 Å². The van der Waals surface area contributed by atoms with Gasteiger partial charge in [0.2, 0.25) is 0 Å². The van der Waals surface area contributed by atoms with E-state index >= 15 is 0 Å². The van der Waals surface area contributed by atoms with Gasteiger partial charge in [-0.3, -0.25) is 4.48 Å². The summed E-state index contributed by atoms with van der Waals surface area (Å²) in [7, 11) is 0. The van der Waals surface area contributed by atoms with E-state index in [9.17, 15) is 29.7 Å². The summed E-state index contributed by atoms with van der Waals surface area (Å²) in [6, 6.07) is -3.19. The Morgan fingerprint density at radius 1 is 0.556 bits per heavy atom.